The summed E-state index contributed by atoms with van der Waals surface area (Å²) in [5, 5.41) is 13.6. The Morgan fingerprint density at radius 1 is 1.39 bits per heavy atom. The summed E-state index contributed by atoms with van der Waals surface area (Å²) in [5.74, 6) is 1.30. The van der Waals surface area contributed by atoms with Gasteiger partial charge in [0.15, 0.2) is 5.82 Å². The molecule has 6 heteroatoms. The van der Waals surface area contributed by atoms with Gasteiger partial charge in [-0.05, 0) is 24.6 Å². The van der Waals surface area contributed by atoms with Crippen LogP contribution in [0.15, 0.2) is 22.7 Å². The van der Waals surface area contributed by atoms with E-state index in [2.05, 4.69) is 10.1 Å². The third kappa shape index (κ3) is 2.07. The Kier molecular flexibility index (Phi) is 2.93. The van der Waals surface area contributed by atoms with E-state index in [0.29, 0.717) is 23.9 Å². The van der Waals surface area contributed by atoms with E-state index in [1.165, 1.54) is 6.07 Å². The zero-order chi connectivity index (χ0) is 12.5. The fraction of sp³-hybridized carbons (Fsp3) is 0.333. The van der Waals surface area contributed by atoms with Crippen molar-refractivity contribution in [3.05, 3.63) is 29.0 Å². The summed E-state index contributed by atoms with van der Waals surface area (Å²) in [4.78, 5) is 4.34. The Labute approximate surface area is 108 Å². The number of phenols is 1. The van der Waals surface area contributed by atoms with Crippen LogP contribution in [0.2, 0.25) is 5.02 Å². The molecule has 0 spiro atoms. The molecule has 18 heavy (non-hydrogen) atoms. The van der Waals surface area contributed by atoms with Crippen LogP contribution in [0, 0.1) is 0 Å². The molecule has 0 saturated carbocycles. The van der Waals surface area contributed by atoms with E-state index in [4.69, 9.17) is 20.9 Å². The van der Waals surface area contributed by atoms with E-state index in [1.54, 1.807) is 12.1 Å². The van der Waals surface area contributed by atoms with Crippen molar-refractivity contribution in [2.45, 2.75) is 12.3 Å². The quantitative estimate of drug-likeness (QED) is 0.905. The molecule has 0 amide bonds. The van der Waals surface area contributed by atoms with Gasteiger partial charge in [-0.3, -0.25) is 0 Å². The maximum absolute atomic E-state index is 9.35. The van der Waals surface area contributed by atoms with Crippen molar-refractivity contribution in [3.8, 4) is 17.2 Å². The fourth-order valence-corrected chi connectivity index (χ4v) is 2.08. The second kappa shape index (κ2) is 4.59. The summed E-state index contributed by atoms with van der Waals surface area (Å²) in [5.41, 5.74) is 0.690. The fourth-order valence-electron chi connectivity index (χ4n) is 1.90. The summed E-state index contributed by atoms with van der Waals surface area (Å²) in [6, 6.07) is 4.78. The molecule has 1 aromatic heterocycles. The number of rotatable bonds is 2. The average molecular weight is 267 g/mol. The first-order chi connectivity index (χ1) is 8.74. The molecule has 1 aliphatic rings. The highest BCUT2D eigenvalue weighted by atomic mass is 35.5. The van der Waals surface area contributed by atoms with E-state index in [9.17, 15) is 5.11 Å². The first-order valence-electron chi connectivity index (χ1n) is 5.64. The molecule has 1 aliphatic heterocycles. The van der Waals surface area contributed by atoms with Gasteiger partial charge >= 0.3 is 0 Å². The minimum absolute atomic E-state index is 0.0318. The van der Waals surface area contributed by atoms with Crippen LogP contribution in [0.25, 0.3) is 11.5 Å². The normalized spacial score (nSPS) is 19.3. The Hall–Kier alpha value is -1.59. The molecule has 0 unspecified atom stereocenters. The van der Waals surface area contributed by atoms with Crippen molar-refractivity contribution in [2.75, 3.05) is 13.2 Å². The lowest BCUT2D eigenvalue weighted by atomic mass is 10.1. The van der Waals surface area contributed by atoms with Crippen LogP contribution < -0.4 is 0 Å². The monoisotopic (exact) mass is 266 g/mol. The van der Waals surface area contributed by atoms with Gasteiger partial charge < -0.3 is 14.4 Å². The predicted molar refractivity (Wildman–Crippen MR) is 64.6 cm³/mol. The van der Waals surface area contributed by atoms with Crippen LogP contribution in [0.1, 0.15) is 18.2 Å². The highest BCUT2D eigenvalue weighted by Crippen LogP contribution is 2.30. The highest BCUT2D eigenvalue weighted by Gasteiger charge is 2.23. The molecule has 0 aliphatic carbocycles. The number of hydrogen-bond acceptors (Lipinski definition) is 5. The van der Waals surface area contributed by atoms with Gasteiger partial charge in [0.25, 0.3) is 5.89 Å². The molecular formula is C12H11ClN2O3. The molecule has 0 bridgehead atoms. The predicted octanol–water partition coefficient (Wildman–Crippen LogP) is 2.60. The summed E-state index contributed by atoms with van der Waals surface area (Å²) in [7, 11) is 0. The first-order valence-corrected chi connectivity index (χ1v) is 6.02. The minimum atomic E-state index is 0.0318. The molecule has 2 heterocycles. The van der Waals surface area contributed by atoms with Gasteiger partial charge in [0, 0.05) is 18.1 Å². The standard InChI is InChI=1S/C12H11ClN2O3/c13-9-5-7(1-2-10(9)16)12-14-11(15-18-12)8-3-4-17-6-8/h1-2,5,8,16H,3-4,6H2/t8-/m1/s1. The molecule has 0 radical (unpaired) electrons. The second-order valence-electron chi connectivity index (χ2n) is 4.18. The number of halogens is 1. The zero-order valence-corrected chi connectivity index (χ0v) is 10.2. The Morgan fingerprint density at radius 2 is 2.28 bits per heavy atom. The van der Waals surface area contributed by atoms with E-state index in [0.717, 1.165) is 13.0 Å². The molecule has 1 atom stereocenters. The number of nitrogens with zero attached hydrogens (tertiary/aromatic N) is 2. The van der Waals surface area contributed by atoms with Crippen molar-refractivity contribution in [2.24, 2.45) is 0 Å². The maximum atomic E-state index is 9.35. The first kappa shape index (κ1) is 11.5. The van der Waals surface area contributed by atoms with Crippen molar-refractivity contribution in [1.29, 1.82) is 0 Å². The van der Waals surface area contributed by atoms with Gasteiger partial charge in [0.2, 0.25) is 0 Å². The molecule has 5 nitrogen and oxygen atoms in total. The minimum Gasteiger partial charge on any atom is -0.506 e. The molecule has 2 aromatic rings. The van der Waals surface area contributed by atoms with E-state index < -0.39 is 0 Å². The SMILES string of the molecule is Oc1ccc(-c2nc([C@@H]3CCOC3)no2)cc1Cl. The van der Waals surface area contributed by atoms with Crippen molar-refractivity contribution >= 4 is 11.6 Å². The summed E-state index contributed by atoms with van der Waals surface area (Å²) < 4.78 is 10.5. The van der Waals surface area contributed by atoms with Gasteiger partial charge in [-0.15, -0.1) is 0 Å². The average Bonchev–Trinajstić information content (AvgIpc) is 3.01. The molecule has 1 aromatic carbocycles. The van der Waals surface area contributed by atoms with Crippen LogP contribution in [0.3, 0.4) is 0 Å². The summed E-state index contributed by atoms with van der Waals surface area (Å²) in [6.45, 7) is 1.37. The largest absolute Gasteiger partial charge is 0.506 e. The van der Waals surface area contributed by atoms with Gasteiger partial charge in [0.05, 0.1) is 11.6 Å². The van der Waals surface area contributed by atoms with Gasteiger partial charge in [-0.2, -0.15) is 4.98 Å². The summed E-state index contributed by atoms with van der Waals surface area (Å²) in [6.07, 6.45) is 0.912. The van der Waals surface area contributed by atoms with E-state index in [1.807, 2.05) is 0 Å². The van der Waals surface area contributed by atoms with Crippen LogP contribution in [-0.2, 0) is 4.74 Å². The van der Waals surface area contributed by atoms with Gasteiger partial charge in [-0.25, -0.2) is 0 Å². The zero-order valence-electron chi connectivity index (χ0n) is 9.47. The second-order valence-corrected chi connectivity index (χ2v) is 4.59. The van der Waals surface area contributed by atoms with Crippen molar-refractivity contribution in [3.63, 3.8) is 0 Å². The lowest BCUT2D eigenvalue weighted by molar-refractivity contribution is 0.192. The lowest BCUT2D eigenvalue weighted by Crippen LogP contribution is -1.99. The molecule has 1 N–H and O–H groups in total. The molecule has 1 fully saturated rings. The van der Waals surface area contributed by atoms with Crippen LogP contribution in [0.5, 0.6) is 5.75 Å². The molecular weight excluding hydrogens is 256 g/mol. The Bertz CT molecular complexity index is 564. The van der Waals surface area contributed by atoms with Crippen LogP contribution in [0.4, 0.5) is 0 Å². The highest BCUT2D eigenvalue weighted by molar-refractivity contribution is 6.32. The third-order valence-corrected chi connectivity index (χ3v) is 3.23. The molecule has 94 valence electrons. The number of ether oxygens (including phenoxy) is 1. The van der Waals surface area contributed by atoms with Gasteiger partial charge in [0.1, 0.15) is 5.75 Å². The number of aromatic nitrogens is 2. The topological polar surface area (TPSA) is 68.4 Å². The Morgan fingerprint density at radius 3 is 3.00 bits per heavy atom. The molecule has 3 rings (SSSR count). The van der Waals surface area contributed by atoms with Crippen molar-refractivity contribution in [1.82, 2.24) is 10.1 Å². The third-order valence-electron chi connectivity index (χ3n) is 2.93. The number of benzene rings is 1. The Balaban J connectivity index is 1.89. The smallest absolute Gasteiger partial charge is 0.257 e. The number of phenolic OH excluding ortho intramolecular Hbond substituents is 1. The van der Waals surface area contributed by atoms with E-state index in [-0.39, 0.29) is 16.7 Å². The lowest BCUT2D eigenvalue weighted by Gasteiger charge is -1.99. The van der Waals surface area contributed by atoms with Crippen LogP contribution in [-0.4, -0.2) is 28.5 Å². The van der Waals surface area contributed by atoms with Crippen LogP contribution >= 0.6 is 11.6 Å². The van der Waals surface area contributed by atoms with E-state index >= 15 is 0 Å². The van der Waals surface area contributed by atoms with Gasteiger partial charge in [-0.1, -0.05) is 16.8 Å². The van der Waals surface area contributed by atoms with Crippen molar-refractivity contribution < 1.29 is 14.4 Å². The number of aromatic hydroxyl groups is 1. The molecule has 1 saturated heterocycles. The maximum Gasteiger partial charge on any atom is 0.257 e. The summed E-state index contributed by atoms with van der Waals surface area (Å²) >= 11 is 5.84. The number of hydrogen-bond donors (Lipinski definition) is 1.